The maximum absolute atomic E-state index is 12.5. The molecule has 0 fully saturated rings. The number of carbonyl (C=O) groups excluding carboxylic acids is 2. The summed E-state index contributed by atoms with van der Waals surface area (Å²) in [6, 6.07) is 9.71. The van der Waals surface area contributed by atoms with Gasteiger partial charge in [0.2, 0.25) is 0 Å². The molecule has 0 saturated carbocycles. The molecule has 3 rings (SSSR count). The van der Waals surface area contributed by atoms with Gasteiger partial charge in [-0.1, -0.05) is 23.7 Å². The Hall–Kier alpha value is -2.13. The third-order valence-corrected chi connectivity index (χ3v) is 3.42. The van der Waals surface area contributed by atoms with Crippen LogP contribution in [0.1, 0.15) is 31.8 Å². The van der Waals surface area contributed by atoms with Crippen LogP contribution in [0.2, 0.25) is 5.02 Å². The lowest BCUT2D eigenvalue weighted by Crippen LogP contribution is -2.21. The van der Waals surface area contributed by atoms with Crippen molar-refractivity contribution in [3.63, 3.8) is 0 Å². The molecule has 3 nitrogen and oxygen atoms in total. The first-order valence-electron chi connectivity index (χ1n) is 5.69. The van der Waals surface area contributed by atoms with Crippen molar-refractivity contribution in [1.29, 1.82) is 0 Å². The van der Waals surface area contributed by atoms with E-state index in [9.17, 15) is 9.59 Å². The number of ketones is 2. The van der Waals surface area contributed by atoms with Gasteiger partial charge in [0.15, 0.2) is 11.6 Å². The van der Waals surface area contributed by atoms with Crippen LogP contribution in [-0.4, -0.2) is 18.7 Å². The fraction of sp³-hybridized carbons (Fsp3) is 0.0667. The van der Waals surface area contributed by atoms with E-state index in [1.807, 2.05) is 0 Å². The predicted octanol–water partition coefficient (Wildman–Crippen LogP) is 3.12. The van der Waals surface area contributed by atoms with Gasteiger partial charge < -0.3 is 4.74 Å². The third kappa shape index (κ3) is 1.66. The number of hydrogen-bond acceptors (Lipinski definition) is 3. The molecule has 94 valence electrons. The van der Waals surface area contributed by atoms with Crippen LogP contribution >= 0.6 is 11.6 Å². The summed E-state index contributed by atoms with van der Waals surface area (Å²) in [4.78, 5) is 24.9. The molecule has 19 heavy (non-hydrogen) atoms. The van der Waals surface area contributed by atoms with Crippen molar-refractivity contribution in [3.8, 4) is 5.75 Å². The van der Waals surface area contributed by atoms with Crippen LogP contribution in [0.5, 0.6) is 5.75 Å². The van der Waals surface area contributed by atoms with Crippen molar-refractivity contribution >= 4 is 23.2 Å². The fourth-order valence-electron chi connectivity index (χ4n) is 2.31. The Morgan fingerprint density at radius 1 is 0.947 bits per heavy atom. The van der Waals surface area contributed by atoms with Gasteiger partial charge in [0, 0.05) is 21.7 Å². The van der Waals surface area contributed by atoms with E-state index in [2.05, 4.69) is 0 Å². The Kier molecular flexibility index (Phi) is 2.64. The monoisotopic (exact) mass is 272 g/mol. The lowest BCUT2D eigenvalue weighted by molar-refractivity contribution is 0.0976. The molecule has 0 radical (unpaired) electrons. The summed E-state index contributed by atoms with van der Waals surface area (Å²) in [5, 5.41) is 0.429. The molecule has 2 aromatic rings. The van der Waals surface area contributed by atoms with E-state index in [-0.39, 0.29) is 11.6 Å². The zero-order valence-electron chi connectivity index (χ0n) is 10.1. The van der Waals surface area contributed by atoms with Crippen LogP contribution in [0.4, 0.5) is 0 Å². The van der Waals surface area contributed by atoms with Crippen molar-refractivity contribution in [1.82, 2.24) is 0 Å². The minimum absolute atomic E-state index is 0.180. The number of rotatable bonds is 1. The highest BCUT2D eigenvalue weighted by atomic mass is 35.5. The molecule has 1 aliphatic carbocycles. The highest BCUT2D eigenvalue weighted by molar-refractivity contribution is 6.33. The lowest BCUT2D eigenvalue weighted by Gasteiger charge is -2.19. The standard InChI is InChI=1S/C15H9ClO3/c1-19-12-4-2-3-10-13(12)15(18)11-7-8(16)5-6-9(11)14(10)17/h2-7H,1H3. The lowest BCUT2D eigenvalue weighted by atomic mass is 9.83. The molecule has 0 aliphatic heterocycles. The van der Waals surface area contributed by atoms with E-state index in [1.54, 1.807) is 30.3 Å². The molecular formula is C15H9ClO3. The van der Waals surface area contributed by atoms with Crippen molar-refractivity contribution in [2.45, 2.75) is 0 Å². The molecule has 0 amide bonds. The molecule has 0 saturated heterocycles. The highest BCUT2D eigenvalue weighted by Crippen LogP contribution is 2.33. The highest BCUT2D eigenvalue weighted by Gasteiger charge is 2.32. The van der Waals surface area contributed by atoms with E-state index in [0.29, 0.717) is 33.0 Å². The fourth-order valence-corrected chi connectivity index (χ4v) is 2.48. The van der Waals surface area contributed by atoms with Gasteiger partial charge in [-0.05, 0) is 24.3 Å². The van der Waals surface area contributed by atoms with Crippen molar-refractivity contribution < 1.29 is 14.3 Å². The first kappa shape index (κ1) is 11.9. The first-order chi connectivity index (χ1) is 9.13. The number of methoxy groups -OCH3 is 1. The van der Waals surface area contributed by atoms with Crippen LogP contribution in [0.15, 0.2) is 36.4 Å². The smallest absolute Gasteiger partial charge is 0.198 e. The molecule has 2 aromatic carbocycles. The molecule has 0 unspecified atom stereocenters. The predicted molar refractivity (Wildman–Crippen MR) is 71.3 cm³/mol. The molecule has 0 atom stereocenters. The Labute approximate surface area is 114 Å². The molecule has 0 heterocycles. The van der Waals surface area contributed by atoms with E-state index in [1.165, 1.54) is 13.2 Å². The second kappa shape index (κ2) is 4.21. The number of fused-ring (bicyclic) bond motifs is 2. The molecule has 0 aromatic heterocycles. The molecule has 0 spiro atoms. The van der Waals surface area contributed by atoms with Gasteiger partial charge in [0.05, 0.1) is 12.7 Å². The van der Waals surface area contributed by atoms with Crippen molar-refractivity contribution in [2.75, 3.05) is 7.11 Å². The Morgan fingerprint density at radius 3 is 2.47 bits per heavy atom. The minimum atomic E-state index is -0.232. The SMILES string of the molecule is COc1cccc2c1C(=O)c1cc(Cl)ccc1C2=O. The zero-order chi connectivity index (χ0) is 13.6. The van der Waals surface area contributed by atoms with Gasteiger partial charge in [0.25, 0.3) is 0 Å². The average Bonchev–Trinajstić information content (AvgIpc) is 2.43. The Balaban J connectivity index is 2.33. The van der Waals surface area contributed by atoms with Crippen molar-refractivity contribution in [3.05, 3.63) is 63.7 Å². The second-order valence-electron chi connectivity index (χ2n) is 4.23. The number of ether oxygens (including phenoxy) is 1. The summed E-state index contributed by atoms with van der Waals surface area (Å²) >= 11 is 5.90. The molecular weight excluding hydrogens is 264 g/mol. The first-order valence-corrected chi connectivity index (χ1v) is 6.07. The van der Waals surface area contributed by atoms with E-state index >= 15 is 0 Å². The van der Waals surface area contributed by atoms with Crippen LogP contribution < -0.4 is 4.74 Å². The van der Waals surface area contributed by atoms with Gasteiger partial charge in [-0.3, -0.25) is 9.59 Å². The Morgan fingerprint density at radius 2 is 1.74 bits per heavy atom. The minimum Gasteiger partial charge on any atom is -0.496 e. The molecule has 0 N–H and O–H groups in total. The maximum atomic E-state index is 12.5. The Bertz CT molecular complexity index is 719. The van der Waals surface area contributed by atoms with E-state index in [0.717, 1.165) is 0 Å². The summed E-state index contributed by atoms with van der Waals surface area (Å²) in [6.07, 6.45) is 0. The second-order valence-corrected chi connectivity index (χ2v) is 4.67. The largest absolute Gasteiger partial charge is 0.496 e. The topological polar surface area (TPSA) is 43.4 Å². The van der Waals surface area contributed by atoms with Crippen LogP contribution in [0, 0.1) is 0 Å². The number of halogens is 1. The molecule has 1 aliphatic rings. The number of hydrogen-bond donors (Lipinski definition) is 0. The summed E-state index contributed by atoms with van der Waals surface area (Å²) < 4.78 is 5.17. The zero-order valence-corrected chi connectivity index (χ0v) is 10.8. The third-order valence-electron chi connectivity index (χ3n) is 3.19. The average molecular weight is 273 g/mol. The quantitative estimate of drug-likeness (QED) is 0.683. The van der Waals surface area contributed by atoms with Crippen LogP contribution in [0.25, 0.3) is 0 Å². The van der Waals surface area contributed by atoms with Gasteiger partial charge in [-0.25, -0.2) is 0 Å². The summed E-state index contributed by atoms with van der Waals surface area (Å²) in [5.74, 6) is -0.00816. The summed E-state index contributed by atoms with van der Waals surface area (Å²) in [6.45, 7) is 0. The molecule has 4 heteroatoms. The van der Waals surface area contributed by atoms with Gasteiger partial charge >= 0.3 is 0 Å². The van der Waals surface area contributed by atoms with E-state index < -0.39 is 0 Å². The summed E-state index contributed by atoms with van der Waals surface area (Å²) in [5.41, 5.74) is 1.40. The summed E-state index contributed by atoms with van der Waals surface area (Å²) in [7, 11) is 1.47. The molecule has 0 bridgehead atoms. The van der Waals surface area contributed by atoms with E-state index in [4.69, 9.17) is 16.3 Å². The van der Waals surface area contributed by atoms with Crippen LogP contribution in [-0.2, 0) is 0 Å². The maximum Gasteiger partial charge on any atom is 0.198 e. The number of benzene rings is 2. The van der Waals surface area contributed by atoms with Gasteiger partial charge in [0.1, 0.15) is 5.75 Å². The van der Waals surface area contributed by atoms with Crippen molar-refractivity contribution in [2.24, 2.45) is 0 Å². The van der Waals surface area contributed by atoms with Crippen LogP contribution in [0.3, 0.4) is 0 Å². The van der Waals surface area contributed by atoms with Gasteiger partial charge in [-0.15, -0.1) is 0 Å². The van der Waals surface area contributed by atoms with Gasteiger partial charge in [-0.2, -0.15) is 0 Å². The number of carbonyl (C=O) groups is 2. The normalized spacial score (nSPS) is 12.9.